The first-order chi connectivity index (χ1) is 11.0. The maximum atomic E-state index is 11.5. The van der Waals surface area contributed by atoms with Crippen molar-refractivity contribution in [2.45, 2.75) is 24.7 Å². The molecule has 3 rings (SSSR count). The quantitative estimate of drug-likeness (QED) is 0.771. The number of anilines is 2. The zero-order chi connectivity index (χ0) is 16.4. The van der Waals surface area contributed by atoms with Gasteiger partial charge in [-0.05, 0) is 30.7 Å². The lowest BCUT2D eigenvalue weighted by Gasteiger charge is -2.10. The molecular formula is C15H17N5O2S. The van der Waals surface area contributed by atoms with E-state index < -0.39 is 9.84 Å². The Morgan fingerprint density at radius 3 is 2.61 bits per heavy atom. The zero-order valence-electron chi connectivity index (χ0n) is 12.9. The fourth-order valence-electron chi connectivity index (χ4n) is 2.27. The topological polar surface area (TPSA) is 89.2 Å². The van der Waals surface area contributed by atoms with E-state index in [1.54, 1.807) is 28.8 Å². The maximum absolute atomic E-state index is 11.5. The predicted molar refractivity (Wildman–Crippen MR) is 87.6 cm³/mol. The van der Waals surface area contributed by atoms with Crippen molar-refractivity contribution in [3.8, 4) is 0 Å². The number of aryl methyl sites for hydroxylation is 1. The molecule has 2 heterocycles. The second-order valence-electron chi connectivity index (χ2n) is 5.28. The molecule has 0 aliphatic rings. The molecule has 0 saturated carbocycles. The van der Waals surface area contributed by atoms with Gasteiger partial charge >= 0.3 is 0 Å². The van der Waals surface area contributed by atoms with Gasteiger partial charge in [0.05, 0.1) is 4.90 Å². The highest BCUT2D eigenvalue weighted by Gasteiger charge is 2.09. The molecule has 0 saturated heterocycles. The normalized spacial score (nSPS) is 11.7. The van der Waals surface area contributed by atoms with E-state index in [1.165, 1.54) is 12.6 Å². The number of rotatable bonds is 5. The molecule has 0 unspecified atom stereocenters. The van der Waals surface area contributed by atoms with E-state index in [0.29, 0.717) is 5.78 Å². The van der Waals surface area contributed by atoms with Gasteiger partial charge < -0.3 is 5.32 Å². The number of nitrogens with one attached hydrogen (secondary N) is 1. The number of nitrogens with zero attached hydrogens (tertiary/aromatic N) is 4. The van der Waals surface area contributed by atoms with Crippen LogP contribution in [0.1, 0.15) is 19.0 Å². The van der Waals surface area contributed by atoms with E-state index in [-0.39, 0.29) is 4.90 Å². The summed E-state index contributed by atoms with van der Waals surface area (Å²) in [5.74, 6) is 1.27. The van der Waals surface area contributed by atoms with Crippen LogP contribution in [0, 0.1) is 0 Å². The van der Waals surface area contributed by atoms with Crippen LogP contribution in [0.3, 0.4) is 0 Å². The third-order valence-corrected chi connectivity index (χ3v) is 4.49. The number of sulfone groups is 1. The minimum absolute atomic E-state index is 0.287. The molecule has 1 N–H and O–H groups in total. The zero-order valence-corrected chi connectivity index (χ0v) is 13.7. The van der Waals surface area contributed by atoms with E-state index in [2.05, 4.69) is 27.3 Å². The van der Waals surface area contributed by atoms with Gasteiger partial charge in [-0.15, -0.1) is 0 Å². The molecule has 120 valence electrons. The smallest absolute Gasteiger partial charge is 0.254 e. The van der Waals surface area contributed by atoms with Crippen molar-refractivity contribution < 1.29 is 8.42 Å². The Hall–Kier alpha value is -2.48. The lowest BCUT2D eigenvalue weighted by molar-refractivity contribution is 0.602. The molecule has 1 aromatic carbocycles. The summed E-state index contributed by atoms with van der Waals surface area (Å²) in [6.07, 6.45) is 4.48. The number of benzene rings is 1. The van der Waals surface area contributed by atoms with Crippen LogP contribution in [0.4, 0.5) is 11.5 Å². The Morgan fingerprint density at radius 1 is 1.22 bits per heavy atom. The summed E-state index contributed by atoms with van der Waals surface area (Å²) in [7, 11) is -3.20. The Labute approximate surface area is 134 Å². The van der Waals surface area contributed by atoms with E-state index >= 15 is 0 Å². The largest absolute Gasteiger partial charge is 0.340 e. The first-order valence-corrected chi connectivity index (χ1v) is 9.13. The molecule has 0 aliphatic carbocycles. The fourth-order valence-corrected chi connectivity index (χ4v) is 2.90. The maximum Gasteiger partial charge on any atom is 0.254 e. The minimum Gasteiger partial charge on any atom is -0.340 e. The summed E-state index contributed by atoms with van der Waals surface area (Å²) in [6, 6.07) is 8.52. The van der Waals surface area contributed by atoms with Crippen molar-refractivity contribution in [3.63, 3.8) is 0 Å². The average Bonchev–Trinajstić information content (AvgIpc) is 2.96. The van der Waals surface area contributed by atoms with E-state index in [4.69, 9.17) is 0 Å². The van der Waals surface area contributed by atoms with E-state index in [1.807, 2.05) is 6.07 Å². The summed E-state index contributed by atoms with van der Waals surface area (Å²) >= 11 is 0. The molecular weight excluding hydrogens is 314 g/mol. The standard InChI is InChI=1S/C15H17N5O2S/c1-3-4-12-9-14(20-15(19-12)16-10-17-20)18-11-5-7-13(8-6-11)23(2,21)22/h5-10,18H,3-4H2,1-2H3. The molecule has 0 aliphatic heterocycles. The fraction of sp³-hybridized carbons (Fsp3) is 0.267. The molecule has 3 aromatic rings. The Bertz CT molecular complexity index is 932. The first kappa shape index (κ1) is 15.4. The molecule has 0 amide bonds. The third-order valence-electron chi connectivity index (χ3n) is 3.37. The predicted octanol–water partition coefficient (Wildman–Crippen LogP) is 2.22. The van der Waals surface area contributed by atoms with Crippen molar-refractivity contribution in [2.75, 3.05) is 11.6 Å². The first-order valence-electron chi connectivity index (χ1n) is 7.24. The molecule has 0 spiro atoms. The lowest BCUT2D eigenvalue weighted by Crippen LogP contribution is -2.04. The summed E-state index contributed by atoms with van der Waals surface area (Å²) in [5.41, 5.74) is 1.70. The lowest BCUT2D eigenvalue weighted by atomic mass is 10.2. The van der Waals surface area contributed by atoms with Gasteiger partial charge in [0.1, 0.15) is 12.1 Å². The van der Waals surface area contributed by atoms with Crippen LogP contribution in [-0.4, -0.2) is 34.3 Å². The van der Waals surface area contributed by atoms with Crippen LogP contribution in [0.25, 0.3) is 5.78 Å². The molecule has 0 atom stereocenters. The van der Waals surface area contributed by atoms with Gasteiger partial charge in [0.2, 0.25) is 0 Å². The number of fused-ring (bicyclic) bond motifs is 1. The van der Waals surface area contributed by atoms with Gasteiger partial charge in [-0.3, -0.25) is 0 Å². The van der Waals surface area contributed by atoms with Crippen molar-refractivity contribution in [1.82, 2.24) is 19.6 Å². The summed E-state index contributed by atoms with van der Waals surface area (Å²) in [6.45, 7) is 2.09. The molecule has 8 heteroatoms. The van der Waals surface area contributed by atoms with E-state index in [9.17, 15) is 8.42 Å². The highest BCUT2D eigenvalue weighted by molar-refractivity contribution is 7.90. The van der Waals surface area contributed by atoms with Crippen LogP contribution >= 0.6 is 0 Å². The highest BCUT2D eigenvalue weighted by Crippen LogP contribution is 2.20. The Morgan fingerprint density at radius 2 is 1.96 bits per heavy atom. The highest BCUT2D eigenvalue weighted by atomic mass is 32.2. The number of aromatic nitrogens is 4. The minimum atomic E-state index is -3.20. The van der Waals surface area contributed by atoms with Gasteiger partial charge in [0.25, 0.3) is 5.78 Å². The Balaban J connectivity index is 1.96. The van der Waals surface area contributed by atoms with Gasteiger partial charge in [-0.1, -0.05) is 13.3 Å². The number of hydrogen-bond acceptors (Lipinski definition) is 6. The number of hydrogen-bond donors (Lipinski definition) is 1. The molecule has 0 bridgehead atoms. The van der Waals surface area contributed by atoms with Crippen molar-refractivity contribution >= 4 is 27.1 Å². The van der Waals surface area contributed by atoms with Crippen molar-refractivity contribution in [3.05, 3.63) is 42.4 Å². The summed E-state index contributed by atoms with van der Waals surface area (Å²) in [4.78, 5) is 8.86. The van der Waals surface area contributed by atoms with Gasteiger partial charge in [-0.25, -0.2) is 13.4 Å². The van der Waals surface area contributed by atoms with Gasteiger partial charge in [0, 0.05) is 23.7 Å². The molecule has 0 radical (unpaired) electrons. The average molecular weight is 331 g/mol. The second kappa shape index (κ2) is 5.96. The SMILES string of the molecule is CCCc1cc(Nc2ccc(S(C)(=O)=O)cc2)n2ncnc2n1. The summed E-state index contributed by atoms with van der Waals surface area (Å²) < 4.78 is 24.6. The van der Waals surface area contributed by atoms with Crippen LogP contribution in [0.5, 0.6) is 0 Å². The monoisotopic (exact) mass is 331 g/mol. The van der Waals surface area contributed by atoms with Crippen LogP contribution in [-0.2, 0) is 16.3 Å². The van der Waals surface area contributed by atoms with Crippen molar-refractivity contribution in [1.29, 1.82) is 0 Å². The van der Waals surface area contributed by atoms with Gasteiger partial charge in [-0.2, -0.15) is 14.6 Å². The van der Waals surface area contributed by atoms with Crippen LogP contribution in [0.15, 0.2) is 41.6 Å². The van der Waals surface area contributed by atoms with Crippen molar-refractivity contribution in [2.24, 2.45) is 0 Å². The second-order valence-corrected chi connectivity index (χ2v) is 7.29. The molecule has 7 nitrogen and oxygen atoms in total. The Kier molecular flexibility index (Phi) is 3.99. The van der Waals surface area contributed by atoms with E-state index in [0.717, 1.165) is 30.0 Å². The molecule has 23 heavy (non-hydrogen) atoms. The molecule has 0 fully saturated rings. The van der Waals surface area contributed by atoms with Crippen LogP contribution < -0.4 is 5.32 Å². The summed E-state index contributed by atoms with van der Waals surface area (Å²) in [5, 5.41) is 7.39. The molecule has 2 aromatic heterocycles. The van der Waals surface area contributed by atoms with Crippen LogP contribution in [0.2, 0.25) is 0 Å². The van der Waals surface area contributed by atoms with Gasteiger partial charge in [0.15, 0.2) is 9.84 Å². The third kappa shape index (κ3) is 3.31.